The molecule has 2 aromatic carbocycles. The van der Waals surface area contributed by atoms with Crippen LogP contribution < -0.4 is 16.1 Å². The number of carbonyl (C=O) groups excluding carboxylic acids is 1. The summed E-state index contributed by atoms with van der Waals surface area (Å²) in [5.74, 6) is -0.203. The minimum Gasteiger partial charge on any atom is -0.352 e. The Bertz CT molecular complexity index is 1180. The molecule has 0 fully saturated rings. The summed E-state index contributed by atoms with van der Waals surface area (Å²) in [4.78, 5) is 16.7. The summed E-state index contributed by atoms with van der Waals surface area (Å²) in [5, 5.41) is 19.6. The van der Waals surface area contributed by atoms with Crippen molar-refractivity contribution in [3.05, 3.63) is 75.9 Å². The summed E-state index contributed by atoms with van der Waals surface area (Å²) < 4.78 is 0. The van der Waals surface area contributed by atoms with Crippen molar-refractivity contribution >= 4 is 68.5 Å². The monoisotopic (exact) mass is 457 g/mol. The number of dihydropyridines is 1. The molecule has 0 unspecified atom stereocenters. The normalized spacial score (nSPS) is 14.9. The average molecular weight is 458 g/mol. The lowest BCUT2D eigenvalue weighted by Crippen LogP contribution is -2.29. The molecule has 0 saturated carbocycles. The van der Waals surface area contributed by atoms with Gasteiger partial charge in [-0.3, -0.25) is 10.2 Å². The Labute approximate surface area is 185 Å². The molecule has 0 spiro atoms. The molecule has 0 radical (unpaired) electrons. The Morgan fingerprint density at radius 1 is 0.967 bits per heavy atom. The maximum atomic E-state index is 12.5. The summed E-state index contributed by atoms with van der Waals surface area (Å²) >= 11 is 13.4. The Kier molecular flexibility index (Phi) is 6.03. The van der Waals surface area contributed by atoms with Crippen molar-refractivity contribution < 1.29 is 4.79 Å². The predicted molar refractivity (Wildman–Crippen MR) is 122 cm³/mol. The van der Waals surface area contributed by atoms with Gasteiger partial charge in [0.15, 0.2) is 11.5 Å². The topological polar surface area (TPSA) is 104 Å². The van der Waals surface area contributed by atoms with E-state index in [0.717, 1.165) is 5.69 Å². The van der Waals surface area contributed by atoms with Crippen LogP contribution >= 0.6 is 34.5 Å². The number of aromatic nitrogens is 2. The van der Waals surface area contributed by atoms with Crippen molar-refractivity contribution in [2.45, 2.75) is 0 Å². The lowest BCUT2D eigenvalue weighted by atomic mass is 10.2. The lowest BCUT2D eigenvalue weighted by Gasteiger charge is -2.19. The summed E-state index contributed by atoms with van der Waals surface area (Å²) in [7, 11) is 0. The first-order chi connectivity index (χ1) is 14.6. The number of aliphatic imine (C=N–C) groups is 1. The van der Waals surface area contributed by atoms with E-state index in [1.165, 1.54) is 11.3 Å². The highest BCUT2D eigenvalue weighted by molar-refractivity contribution is 7.13. The number of hydrazone groups is 1. The number of amidine groups is 1. The fourth-order valence-corrected chi connectivity index (χ4v) is 3.28. The van der Waals surface area contributed by atoms with E-state index in [0.29, 0.717) is 32.4 Å². The maximum Gasteiger partial charge on any atom is 0.299 e. The van der Waals surface area contributed by atoms with E-state index in [9.17, 15) is 4.79 Å². The molecule has 3 N–H and O–H groups in total. The molecule has 1 aromatic heterocycles. The van der Waals surface area contributed by atoms with Crippen LogP contribution in [0.3, 0.4) is 0 Å². The van der Waals surface area contributed by atoms with E-state index in [-0.39, 0.29) is 5.71 Å². The number of halogens is 2. The second-order valence-electron chi connectivity index (χ2n) is 5.95. The highest BCUT2D eigenvalue weighted by Gasteiger charge is 2.22. The third-order valence-corrected chi connectivity index (χ3v) is 4.86. The van der Waals surface area contributed by atoms with Crippen molar-refractivity contribution in [2.24, 2.45) is 10.1 Å². The number of nitrogens with zero attached hydrogens (tertiary/aromatic N) is 4. The zero-order valence-corrected chi connectivity index (χ0v) is 17.5. The Hall–Kier alpha value is -3.27. The van der Waals surface area contributed by atoms with E-state index in [1.807, 2.05) is 18.2 Å². The van der Waals surface area contributed by atoms with Gasteiger partial charge in [0.2, 0.25) is 5.13 Å². The van der Waals surface area contributed by atoms with E-state index in [4.69, 9.17) is 23.2 Å². The molecule has 0 atom stereocenters. The van der Waals surface area contributed by atoms with Crippen molar-refractivity contribution in [3.63, 3.8) is 0 Å². The Morgan fingerprint density at radius 2 is 1.67 bits per heavy atom. The molecule has 1 aliphatic heterocycles. The lowest BCUT2D eigenvalue weighted by molar-refractivity contribution is -0.111. The molecule has 1 aliphatic rings. The van der Waals surface area contributed by atoms with Crippen LogP contribution in [0, 0.1) is 0 Å². The number of amides is 1. The van der Waals surface area contributed by atoms with Gasteiger partial charge in [-0.15, -0.1) is 10.2 Å². The average Bonchev–Trinajstić information content (AvgIpc) is 3.23. The predicted octanol–water partition coefficient (Wildman–Crippen LogP) is 4.66. The molecule has 30 heavy (non-hydrogen) atoms. The first-order valence-electron chi connectivity index (χ1n) is 8.57. The van der Waals surface area contributed by atoms with Gasteiger partial charge in [0.05, 0.1) is 5.70 Å². The van der Waals surface area contributed by atoms with Crippen LogP contribution in [0.1, 0.15) is 0 Å². The zero-order chi connectivity index (χ0) is 20.9. The van der Waals surface area contributed by atoms with Gasteiger partial charge in [0.25, 0.3) is 5.91 Å². The molecule has 0 aliphatic carbocycles. The van der Waals surface area contributed by atoms with Gasteiger partial charge in [-0.25, -0.2) is 0 Å². The van der Waals surface area contributed by atoms with Gasteiger partial charge in [0.1, 0.15) is 5.51 Å². The number of hydrogen-bond acceptors (Lipinski definition) is 8. The number of benzene rings is 2. The maximum absolute atomic E-state index is 12.5. The van der Waals surface area contributed by atoms with Crippen molar-refractivity contribution in [3.8, 4) is 0 Å². The van der Waals surface area contributed by atoms with Crippen LogP contribution in [0.5, 0.6) is 0 Å². The largest absolute Gasteiger partial charge is 0.352 e. The molecule has 4 rings (SSSR count). The van der Waals surface area contributed by atoms with Crippen molar-refractivity contribution in [1.29, 1.82) is 0 Å². The number of hydrogen-bond donors (Lipinski definition) is 3. The molecule has 0 bridgehead atoms. The second-order valence-corrected chi connectivity index (χ2v) is 7.65. The minimum atomic E-state index is -0.520. The number of nitrogens with one attached hydrogen (secondary N) is 3. The van der Waals surface area contributed by atoms with E-state index >= 15 is 0 Å². The number of anilines is 3. The fraction of sp³-hybridized carbons (Fsp3) is 0. The van der Waals surface area contributed by atoms with E-state index in [1.54, 1.807) is 41.9 Å². The molecule has 8 nitrogen and oxygen atoms in total. The van der Waals surface area contributed by atoms with Gasteiger partial charge in [-0.1, -0.05) is 46.7 Å². The molecular formula is C19H13Cl2N7OS. The van der Waals surface area contributed by atoms with Crippen molar-refractivity contribution in [1.82, 2.24) is 10.2 Å². The van der Waals surface area contributed by atoms with Gasteiger partial charge in [-0.2, -0.15) is 10.1 Å². The molecular weight excluding hydrogens is 445 g/mol. The SMILES string of the molecule is O=C1N=C(Nc2cccc(Cl)c2)C(Nc2cccc(Cl)c2)=CC1=NNc1nncs1. The quantitative estimate of drug-likeness (QED) is 0.481. The fourth-order valence-electron chi connectivity index (χ4n) is 2.51. The summed E-state index contributed by atoms with van der Waals surface area (Å²) in [5.41, 5.74) is 6.28. The number of carbonyl (C=O) groups is 1. The van der Waals surface area contributed by atoms with Gasteiger partial charge < -0.3 is 10.6 Å². The van der Waals surface area contributed by atoms with Gasteiger partial charge in [-0.05, 0) is 42.5 Å². The van der Waals surface area contributed by atoms with Crippen LogP contribution in [-0.2, 0) is 4.79 Å². The second kappa shape index (κ2) is 9.04. The number of rotatable bonds is 5. The molecule has 2 heterocycles. The highest BCUT2D eigenvalue weighted by Crippen LogP contribution is 2.21. The van der Waals surface area contributed by atoms with Crippen LogP contribution in [0.15, 0.2) is 75.9 Å². The Balaban J connectivity index is 1.65. The van der Waals surface area contributed by atoms with Crippen molar-refractivity contribution in [2.75, 3.05) is 16.1 Å². The summed E-state index contributed by atoms with van der Waals surface area (Å²) in [6, 6.07) is 14.3. The zero-order valence-electron chi connectivity index (χ0n) is 15.1. The third kappa shape index (κ3) is 5.01. The van der Waals surface area contributed by atoms with Gasteiger partial charge >= 0.3 is 0 Å². The third-order valence-electron chi connectivity index (χ3n) is 3.79. The molecule has 1 amide bonds. The first-order valence-corrected chi connectivity index (χ1v) is 10.2. The van der Waals surface area contributed by atoms with Crippen LogP contribution in [0.25, 0.3) is 0 Å². The first kappa shape index (κ1) is 20.0. The van der Waals surface area contributed by atoms with E-state index < -0.39 is 5.91 Å². The molecule has 0 saturated heterocycles. The Morgan fingerprint density at radius 3 is 2.30 bits per heavy atom. The highest BCUT2D eigenvalue weighted by atomic mass is 35.5. The standard InChI is InChI=1S/C19H13Cl2N7OS/c20-11-3-1-5-13(7-11)23-15-9-16(26-28-19-27-22-10-30-19)18(29)25-17(15)24-14-6-2-4-12(21)8-14/h1-10,23H,(H,27,28)(H,24,25,29). The van der Waals surface area contributed by atoms with Crippen LogP contribution in [-0.4, -0.2) is 27.7 Å². The summed E-state index contributed by atoms with van der Waals surface area (Å²) in [6.45, 7) is 0. The molecule has 3 aromatic rings. The summed E-state index contributed by atoms with van der Waals surface area (Å²) in [6.07, 6.45) is 1.58. The smallest absolute Gasteiger partial charge is 0.299 e. The van der Waals surface area contributed by atoms with Crippen LogP contribution in [0.2, 0.25) is 10.0 Å². The minimum absolute atomic E-state index is 0.103. The van der Waals surface area contributed by atoms with Gasteiger partial charge in [0, 0.05) is 21.4 Å². The van der Waals surface area contributed by atoms with Crippen LogP contribution in [0.4, 0.5) is 16.5 Å². The molecule has 150 valence electrons. The van der Waals surface area contributed by atoms with E-state index in [2.05, 4.69) is 36.4 Å². The molecule has 11 heteroatoms.